The van der Waals surface area contributed by atoms with E-state index in [0.29, 0.717) is 6.54 Å². The van der Waals surface area contributed by atoms with Crippen LogP contribution in [0.2, 0.25) is 0 Å². The maximum Gasteiger partial charge on any atom is 0.411 e. The molecule has 21 heavy (non-hydrogen) atoms. The maximum atomic E-state index is 11.9. The Morgan fingerprint density at radius 1 is 1.10 bits per heavy atom. The van der Waals surface area contributed by atoms with Crippen molar-refractivity contribution < 1.29 is 17.9 Å². The number of halogens is 3. The van der Waals surface area contributed by atoms with E-state index in [-0.39, 0.29) is 18.1 Å². The Bertz CT molecular complexity index is 421. The van der Waals surface area contributed by atoms with E-state index in [1.54, 1.807) is 0 Å². The summed E-state index contributed by atoms with van der Waals surface area (Å²) >= 11 is 0. The van der Waals surface area contributed by atoms with Gasteiger partial charge in [0.25, 0.3) is 0 Å². The highest BCUT2D eigenvalue weighted by molar-refractivity contribution is 5.28. The van der Waals surface area contributed by atoms with Gasteiger partial charge in [-0.25, -0.2) is 0 Å². The lowest BCUT2D eigenvalue weighted by Gasteiger charge is -2.20. The van der Waals surface area contributed by atoms with Crippen LogP contribution in [-0.4, -0.2) is 25.9 Å². The van der Waals surface area contributed by atoms with E-state index < -0.39 is 12.8 Å². The Balaban J connectivity index is 2.37. The molecule has 0 saturated heterocycles. The summed E-state index contributed by atoms with van der Waals surface area (Å²) in [7, 11) is 0. The predicted octanol–water partition coefficient (Wildman–Crippen LogP) is 4.21. The van der Waals surface area contributed by atoms with Gasteiger partial charge in [0.1, 0.15) is 6.61 Å². The molecule has 2 nitrogen and oxygen atoms in total. The van der Waals surface area contributed by atoms with Crippen molar-refractivity contribution in [1.29, 1.82) is 0 Å². The van der Waals surface area contributed by atoms with Crippen molar-refractivity contribution in [3.63, 3.8) is 0 Å². The minimum absolute atomic E-state index is 0.0456. The number of benzene rings is 1. The van der Waals surface area contributed by atoms with Crippen LogP contribution in [0.25, 0.3) is 0 Å². The number of ether oxygens (including phenoxy) is 1. The number of rotatable bonds is 6. The zero-order valence-electron chi connectivity index (χ0n) is 13.1. The van der Waals surface area contributed by atoms with Gasteiger partial charge in [-0.1, -0.05) is 45.0 Å². The fourth-order valence-electron chi connectivity index (χ4n) is 1.93. The first-order valence-electron chi connectivity index (χ1n) is 7.08. The van der Waals surface area contributed by atoms with Gasteiger partial charge in [-0.15, -0.1) is 0 Å². The molecule has 1 aromatic carbocycles. The van der Waals surface area contributed by atoms with Gasteiger partial charge in [0.2, 0.25) is 0 Å². The summed E-state index contributed by atoms with van der Waals surface area (Å²) in [6.45, 7) is 7.69. The molecule has 1 aromatic rings. The van der Waals surface area contributed by atoms with E-state index in [1.807, 2.05) is 6.92 Å². The van der Waals surface area contributed by atoms with E-state index in [9.17, 15) is 13.2 Å². The fourth-order valence-corrected chi connectivity index (χ4v) is 1.93. The first-order chi connectivity index (χ1) is 9.59. The molecule has 1 unspecified atom stereocenters. The summed E-state index contributed by atoms with van der Waals surface area (Å²) in [6.07, 6.45) is -4.26. The number of hydrogen-bond acceptors (Lipinski definition) is 2. The second-order valence-electron chi connectivity index (χ2n) is 6.22. The van der Waals surface area contributed by atoms with Gasteiger partial charge < -0.3 is 10.1 Å². The minimum atomic E-state index is -4.26. The fraction of sp³-hybridized carbons (Fsp3) is 0.625. The van der Waals surface area contributed by atoms with Crippen LogP contribution in [-0.2, 0) is 10.2 Å². The third kappa shape index (κ3) is 6.96. The molecule has 0 spiro atoms. The van der Waals surface area contributed by atoms with Crippen molar-refractivity contribution in [1.82, 2.24) is 5.32 Å². The Kier molecular flexibility index (Phi) is 6.23. The summed E-state index contributed by atoms with van der Waals surface area (Å²) in [5.74, 6) is 0. The molecule has 0 heterocycles. The van der Waals surface area contributed by atoms with Gasteiger partial charge in [-0.3, -0.25) is 0 Å². The smallest absolute Gasteiger partial charge is 0.371 e. The van der Waals surface area contributed by atoms with Crippen LogP contribution in [0.3, 0.4) is 0 Å². The van der Waals surface area contributed by atoms with Gasteiger partial charge in [0, 0.05) is 12.6 Å². The van der Waals surface area contributed by atoms with Crippen LogP contribution in [0.15, 0.2) is 24.3 Å². The number of hydrogen-bond donors (Lipinski definition) is 1. The van der Waals surface area contributed by atoms with Gasteiger partial charge >= 0.3 is 6.18 Å². The van der Waals surface area contributed by atoms with Crippen LogP contribution in [0.5, 0.6) is 0 Å². The molecule has 0 aliphatic rings. The lowest BCUT2D eigenvalue weighted by molar-refractivity contribution is -0.173. The summed E-state index contributed by atoms with van der Waals surface area (Å²) in [4.78, 5) is 0. The Morgan fingerprint density at radius 3 is 2.14 bits per heavy atom. The minimum Gasteiger partial charge on any atom is -0.371 e. The van der Waals surface area contributed by atoms with Gasteiger partial charge in [0.05, 0.1) is 6.61 Å². The molecule has 1 N–H and O–H groups in total. The lowest BCUT2D eigenvalue weighted by atomic mass is 9.86. The van der Waals surface area contributed by atoms with E-state index >= 15 is 0 Å². The maximum absolute atomic E-state index is 11.9. The highest BCUT2D eigenvalue weighted by atomic mass is 19.4. The Labute approximate surface area is 124 Å². The standard InChI is InChI=1S/C16H24F3NO/c1-12(20-9-10-21-11-16(17,18)19)13-5-7-14(8-6-13)15(2,3)4/h5-8,12,20H,9-11H2,1-4H3. The molecule has 1 atom stereocenters. The summed E-state index contributed by atoms with van der Waals surface area (Å²) < 4.78 is 40.2. The zero-order valence-corrected chi connectivity index (χ0v) is 13.1. The van der Waals surface area contributed by atoms with E-state index in [1.165, 1.54) is 5.56 Å². The highest BCUT2D eigenvalue weighted by Gasteiger charge is 2.27. The van der Waals surface area contributed by atoms with E-state index in [0.717, 1.165) is 5.56 Å². The third-order valence-corrected chi connectivity index (χ3v) is 3.24. The summed E-state index contributed by atoms with van der Waals surface area (Å²) in [6, 6.07) is 8.36. The average molecular weight is 303 g/mol. The molecule has 5 heteroatoms. The molecule has 0 saturated carbocycles. The van der Waals surface area contributed by atoms with Crippen LogP contribution in [0, 0.1) is 0 Å². The molecular weight excluding hydrogens is 279 g/mol. The SMILES string of the molecule is CC(NCCOCC(F)(F)F)c1ccc(C(C)(C)C)cc1. The molecule has 0 radical (unpaired) electrons. The van der Waals surface area contributed by atoms with E-state index in [2.05, 4.69) is 55.1 Å². The van der Waals surface area contributed by atoms with Crippen LogP contribution < -0.4 is 5.32 Å². The molecule has 0 aromatic heterocycles. The molecule has 0 fully saturated rings. The second kappa shape index (κ2) is 7.27. The van der Waals surface area contributed by atoms with Crippen molar-refractivity contribution in [3.8, 4) is 0 Å². The van der Waals surface area contributed by atoms with Gasteiger partial charge in [0.15, 0.2) is 0 Å². The quantitative estimate of drug-likeness (QED) is 0.795. The molecule has 0 bridgehead atoms. The number of alkyl halides is 3. The second-order valence-corrected chi connectivity index (χ2v) is 6.22. The third-order valence-electron chi connectivity index (χ3n) is 3.24. The van der Waals surface area contributed by atoms with Crippen molar-refractivity contribution in [3.05, 3.63) is 35.4 Å². The van der Waals surface area contributed by atoms with Gasteiger partial charge in [-0.05, 0) is 23.5 Å². The largest absolute Gasteiger partial charge is 0.411 e. The topological polar surface area (TPSA) is 21.3 Å². The lowest BCUT2D eigenvalue weighted by Crippen LogP contribution is -2.26. The van der Waals surface area contributed by atoms with Crippen molar-refractivity contribution in [2.75, 3.05) is 19.8 Å². The first kappa shape index (κ1) is 18.0. The van der Waals surface area contributed by atoms with Gasteiger partial charge in [-0.2, -0.15) is 13.2 Å². The summed E-state index contributed by atoms with van der Waals surface area (Å²) in [5.41, 5.74) is 2.48. The molecular formula is C16H24F3NO. The van der Waals surface area contributed by atoms with Crippen molar-refractivity contribution in [2.45, 2.75) is 45.3 Å². The molecule has 0 aliphatic heterocycles. The normalized spacial score (nSPS) is 14.2. The highest BCUT2D eigenvalue weighted by Crippen LogP contribution is 2.23. The molecule has 1 rings (SSSR count). The first-order valence-corrected chi connectivity index (χ1v) is 7.08. The van der Waals surface area contributed by atoms with Crippen molar-refractivity contribution in [2.24, 2.45) is 0 Å². The molecule has 0 amide bonds. The Morgan fingerprint density at radius 2 is 1.67 bits per heavy atom. The van der Waals surface area contributed by atoms with Crippen LogP contribution in [0.4, 0.5) is 13.2 Å². The predicted molar refractivity (Wildman–Crippen MR) is 78.4 cm³/mol. The van der Waals surface area contributed by atoms with Crippen LogP contribution >= 0.6 is 0 Å². The number of nitrogens with one attached hydrogen (secondary N) is 1. The molecule has 120 valence electrons. The van der Waals surface area contributed by atoms with Crippen molar-refractivity contribution >= 4 is 0 Å². The Hall–Kier alpha value is -1.07. The van der Waals surface area contributed by atoms with E-state index in [4.69, 9.17) is 0 Å². The monoisotopic (exact) mass is 303 g/mol. The molecule has 0 aliphatic carbocycles. The zero-order chi connectivity index (χ0) is 16.1. The average Bonchev–Trinajstić information content (AvgIpc) is 2.36. The van der Waals surface area contributed by atoms with Crippen LogP contribution in [0.1, 0.15) is 44.9 Å². The summed E-state index contributed by atoms with van der Waals surface area (Å²) in [5, 5.41) is 3.15.